The Kier molecular flexibility index (Phi) is 4.37. The van der Waals surface area contributed by atoms with E-state index in [4.69, 9.17) is 4.98 Å². The number of halogens is 1. The fourth-order valence-corrected chi connectivity index (χ4v) is 4.10. The molecule has 1 fully saturated rings. The van der Waals surface area contributed by atoms with Crippen molar-refractivity contribution in [2.75, 3.05) is 18.0 Å². The van der Waals surface area contributed by atoms with Gasteiger partial charge in [0, 0.05) is 30.8 Å². The van der Waals surface area contributed by atoms with Gasteiger partial charge in [-0.3, -0.25) is 18.5 Å². The SMILES string of the molecule is Cn1c(=O)c2c(nc(N3CCCC3)n2Cc2ccccc2I)n(C)c1=O. The molecule has 1 saturated heterocycles. The topological polar surface area (TPSA) is 65.1 Å². The summed E-state index contributed by atoms with van der Waals surface area (Å²) >= 11 is 2.31. The van der Waals surface area contributed by atoms with Crippen molar-refractivity contribution in [3.8, 4) is 0 Å². The lowest BCUT2D eigenvalue weighted by atomic mass is 10.2. The first-order chi connectivity index (χ1) is 12.5. The lowest BCUT2D eigenvalue weighted by Crippen LogP contribution is -2.37. The number of aryl methyl sites for hydroxylation is 1. The van der Waals surface area contributed by atoms with Crippen molar-refractivity contribution in [1.29, 1.82) is 0 Å². The van der Waals surface area contributed by atoms with Crippen LogP contribution in [0.25, 0.3) is 11.2 Å². The van der Waals surface area contributed by atoms with E-state index in [0.29, 0.717) is 17.7 Å². The molecule has 136 valence electrons. The zero-order chi connectivity index (χ0) is 18.4. The Bertz CT molecular complexity index is 1110. The molecule has 0 spiro atoms. The Balaban J connectivity index is 2.02. The third-order valence-electron chi connectivity index (χ3n) is 5.00. The number of benzene rings is 1. The Morgan fingerprint density at radius 1 is 1.08 bits per heavy atom. The zero-order valence-corrected chi connectivity index (χ0v) is 16.9. The monoisotopic (exact) mass is 465 g/mol. The molecule has 1 aromatic carbocycles. The van der Waals surface area contributed by atoms with Gasteiger partial charge in [-0.1, -0.05) is 18.2 Å². The van der Waals surface area contributed by atoms with E-state index in [-0.39, 0.29) is 11.2 Å². The Hall–Kier alpha value is -2.10. The zero-order valence-electron chi connectivity index (χ0n) is 14.8. The molecule has 4 rings (SSSR count). The van der Waals surface area contributed by atoms with Crippen molar-refractivity contribution >= 4 is 39.7 Å². The summed E-state index contributed by atoms with van der Waals surface area (Å²) in [7, 11) is 3.19. The summed E-state index contributed by atoms with van der Waals surface area (Å²) in [6.45, 7) is 2.39. The summed E-state index contributed by atoms with van der Waals surface area (Å²) in [5.41, 5.74) is 1.41. The molecule has 1 aliphatic heterocycles. The average molecular weight is 465 g/mol. The molecule has 1 aliphatic rings. The van der Waals surface area contributed by atoms with Gasteiger partial charge in [-0.25, -0.2) is 4.79 Å². The van der Waals surface area contributed by atoms with E-state index in [1.165, 1.54) is 11.6 Å². The van der Waals surface area contributed by atoms with Gasteiger partial charge in [0.15, 0.2) is 11.2 Å². The Morgan fingerprint density at radius 2 is 1.77 bits per heavy atom. The van der Waals surface area contributed by atoms with Gasteiger partial charge in [0.25, 0.3) is 5.56 Å². The second-order valence-corrected chi connectivity index (χ2v) is 7.82. The second kappa shape index (κ2) is 6.57. The largest absolute Gasteiger partial charge is 0.342 e. The molecule has 3 aromatic rings. The molecular weight excluding hydrogens is 445 g/mol. The van der Waals surface area contributed by atoms with E-state index in [2.05, 4.69) is 39.6 Å². The number of hydrogen-bond acceptors (Lipinski definition) is 4. The molecule has 2 aromatic heterocycles. The van der Waals surface area contributed by atoms with Crippen LogP contribution in [0.5, 0.6) is 0 Å². The van der Waals surface area contributed by atoms with E-state index in [9.17, 15) is 9.59 Å². The van der Waals surface area contributed by atoms with Crippen LogP contribution < -0.4 is 16.1 Å². The molecule has 0 aliphatic carbocycles. The number of nitrogens with zero attached hydrogens (tertiary/aromatic N) is 5. The summed E-state index contributed by atoms with van der Waals surface area (Å²) < 4.78 is 5.73. The van der Waals surface area contributed by atoms with Gasteiger partial charge in [-0.2, -0.15) is 4.98 Å². The highest BCUT2D eigenvalue weighted by Crippen LogP contribution is 2.25. The Morgan fingerprint density at radius 3 is 2.46 bits per heavy atom. The smallest absolute Gasteiger partial charge is 0.332 e. The van der Waals surface area contributed by atoms with Gasteiger partial charge in [0.05, 0.1) is 6.54 Å². The van der Waals surface area contributed by atoms with Crippen molar-refractivity contribution < 1.29 is 0 Å². The predicted molar refractivity (Wildman–Crippen MR) is 110 cm³/mol. The minimum absolute atomic E-state index is 0.299. The number of anilines is 1. The summed E-state index contributed by atoms with van der Waals surface area (Å²) in [5, 5.41) is 0. The van der Waals surface area contributed by atoms with Crippen LogP contribution in [0.3, 0.4) is 0 Å². The summed E-state index contributed by atoms with van der Waals surface area (Å²) in [6.07, 6.45) is 2.23. The first kappa shape index (κ1) is 17.3. The molecular formula is C18H20IN5O2. The first-order valence-corrected chi connectivity index (χ1v) is 9.71. The molecule has 0 unspecified atom stereocenters. The fourth-order valence-electron chi connectivity index (χ4n) is 3.54. The number of aromatic nitrogens is 4. The van der Waals surface area contributed by atoms with Crippen LogP contribution in [-0.4, -0.2) is 31.8 Å². The lowest BCUT2D eigenvalue weighted by molar-refractivity contribution is 0.701. The Labute approximate surface area is 164 Å². The van der Waals surface area contributed by atoms with Crippen molar-refractivity contribution in [2.45, 2.75) is 19.4 Å². The first-order valence-electron chi connectivity index (χ1n) is 8.63. The molecule has 3 heterocycles. The van der Waals surface area contributed by atoms with E-state index in [1.54, 1.807) is 7.05 Å². The molecule has 0 saturated carbocycles. The van der Waals surface area contributed by atoms with Gasteiger partial charge in [0.2, 0.25) is 5.95 Å². The number of hydrogen-bond donors (Lipinski definition) is 0. The van der Waals surface area contributed by atoms with Crippen LogP contribution in [-0.2, 0) is 20.6 Å². The predicted octanol–water partition coefficient (Wildman–Crippen LogP) is 1.69. The van der Waals surface area contributed by atoms with Crippen LogP contribution in [0.4, 0.5) is 5.95 Å². The molecule has 0 N–H and O–H groups in total. The summed E-state index contributed by atoms with van der Waals surface area (Å²) in [5.74, 6) is 0.774. The van der Waals surface area contributed by atoms with Crippen LogP contribution in [0.15, 0.2) is 33.9 Å². The van der Waals surface area contributed by atoms with Crippen molar-refractivity contribution in [2.24, 2.45) is 14.1 Å². The lowest BCUT2D eigenvalue weighted by Gasteiger charge is -2.18. The second-order valence-electron chi connectivity index (χ2n) is 6.66. The minimum atomic E-state index is -0.352. The maximum absolute atomic E-state index is 12.9. The fraction of sp³-hybridized carbons (Fsp3) is 0.389. The third-order valence-corrected chi connectivity index (χ3v) is 6.06. The number of rotatable bonds is 3. The average Bonchev–Trinajstić information content (AvgIpc) is 3.28. The molecule has 0 atom stereocenters. The van der Waals surface area contributed by atoms with Gasteiger partial charge in [-0.15, -0.1) is 0 Å². The van der Waals surface area contributed by atoms with E-state index in [1.807, 2.05) is 16.7 Å². The normalized spacial score (nSPS) is 14.5. The van der Waals surface area contributed by atoms with E-state index < -0.39 is 0 Å². The highest BCUT2D eigenvalue weighted by atomic mass is 127. The van der Waals surface area contributed by atoms with Gasteiger partial charge < -0.3 is 4.90 Å². The summed E-state index contributed by atoms with van der Waals surface area (Å²) in [4.78, 5) is 32.1. The van der Waals surface area contributed by atoms with Crippen LogP contribution in [0.1, 0.15) is 18.4 Å². The molecule has 26 heavy (non-hydrogen) atoms. The van der Waals surface area contributed by atoms with Crippen LogP contribution in [0, 0.1) is 3.57 Å². The number of fused-ring (bicyclic) bond motifs is 1. The molecule has 0 bridgehead atoms. The van der Waals surface area contributed by atoms with Crippen LogP contribution >= 0.6 is 22.6 Å². The van der Waals surface area contributed by atoms with Gasteiger partial charge in [0.1, 0.15) is 0 Å². The standard InChI is InChI=1S/C18H20IN5O2/c1-21-15-14(16(25)22(2)18(21)26)24(11-12-7-3-4-8-13(12)19)17(20-15)23-9-5-6-10-23/h3-4,7-8H,5-6,9-11H2,1-2H3. The van der Waals surface area contributed by atoms with Gasteiger partial charge in [-0.05, 0) is 47.1 Å². The molecule has 0 amide bonds. The number of imidazole rings is 1. The van der Waals surface area contributed by atoms with Crippen molar-refractivity contribution in [1.82, 2.24) is 18.7 Å². The molecule has 8 heteroatoms. The third kappa shape index (κ3) is 2.67. The van der Waals surface area contributed by atoms with E-state index in [0.717, 1.165) is 45.6 Å². The van der Waals surface area contributed by atoms with E-state index >= 15 is 0 Å². The quantitative estimate of drug-likeness (QED) is 0.553. The van der Waals surface area contributed by atoms with Crippen molar-refractivity contribution in [3.05, 3.63) is 54.2 Å². The van der Waals surface area contributed by atoms with Crippen LogP contribution in [0.2, 0.25) is 0 Å². The minimum Gasteiger partial charge on any atom is -0.342 e. The highest BCUT2D eigenvalue weighted by Gasteiger charge is 2.24. The highest BCUT2D eigenvalue weighted by molar-refractivity contribution is 14.1. The maximum Gasteiger partial charge on any atom is 0.332 e. The van der Waals surface area contributed by atoms with Gasteiger partial charge >= 0.3 is 5.69 Å². The van der Waals surface area contributed by atoms with Crippen molar-refractivity contribution in [3.63, 3.8) is 0 Å². The molecule has 0 radical (unpaired) electrons. The summed E-state index contributed by atoms with van der Waals surface area (Å²) in [6, 6.07) is 8.12. The maximum atomic E-state index is 12.9. The molecule has 7 nitrogen and oxygen atoms in total.